The number of carbonyl (C=O) groups is 1. The van der Waals surface area contributed by atoms with Crippen LogP contribution in [0.4, 0.5) is 0 Å². The van der Waals surface area contributed by atoms with E-state index in [1.807, 2.05) is 0 Å². The lowest BCUT2D eigenvalue weighted by atomic mass is 9.86. The second-order valence-corrected chi connectivity index (χ2v) is 4.59. The van der Waals surface area contributed by atoms with Gasteiger partial charge in [0.05, 0.1) is 5.92 Å². The molecular weight excluding hydrogens is 190 g/mol. The minimum Gasteiger partial charge on any atom is -0.481 e. The van der Waals surface area contributed by atoms with Crippen LogP contribution in [0.3, 0.4) is 0 Å². The fourth-order valence-corrected chi connectivity index (χ4v) is 2.03. The van der Waals surface area contributed by atoms with Gasteiger partial charge >= 0.3 is 5.97 Å². The van der Waals surface area contributed by atoms with Crippen LogP contribution in [0.15, 0.2) is 11.6 Å². The van der Waals surface area contributed by atoms with Gasteiger partial charge in [-0.15, -0.1) is 0 Å². The van der Waals surface area contributed by atoms with Gasteiger partial charge in [0.15, 0.2) is 0 Å². The lowest BCUT2D eigenvalue weighted by Crippen LogP contribution is -2.36. The van der Waals surface area contributed by atoms with Crippen LogP contribution in [0.5, 0.6) is 0 Å². The van der Waals surface area contributed by atoms with Crippen LogP contribution in [-0.2, 0) is 4.79 Å². The van der Waals surface area contributed by atoms with Crippen LogP contribution in [-0.4, -0.2) is 23.7 Å². The summed E-state index contributed by atoms with van der Waals surface area (Å²) in [5.74, 6) is -0.772. The van der Waals surface area contributed by atoms with Crippen molar-refractivity contribution in [1.82, 2.24) is 5.32 Å². The van der Waals surface area contributed by atoms with E-state index in [-0.39, 0.29) is 5.92 Å². The molecule has 2 atom stereocenters. The smallest absolute Gasteiger partial charge is 0.306 e. The number of hydrogen-bond acceptors (Lipinski definition) is 2. The zero-order valence-electron chi connectivity index (χ0n) is 9.62. The van der Waals surface area contributed by atoms with Crippen molar-refractivity contribution in [2.24, 2.45) is 5.92 Å². The van der Waals surface area contributed by atoms with E-state index in [4.69, 9.17) is 5.11 Å². The Morgan fingerprint density at radius 1 is 1.47 bits per heavy atom. The highest BCUT2D eigenvalue weighted by Crippen LogP contribution is 2.24. The first kappa shape index (κ1) is 12.2. The predicted molar refractivity (Wildman–Crippen MR) is 60.8 cm³/mol. The van der Waals surface area contributed by atoms with Crippen LogP contribution >= 0.6 is 0 Å². The van der Waals surface area contributed by atoms with Gasteiger partial charge in [0, 0.05) is 12.6 Å². The number of nitrogens with one attached hydrogen (secondary N) is 1. The third kappa shape index (κ3) is 4.47. The van der Waals surface area contributed by atoms with Crippen molar-refractivity contribution in [3.05, 3.63) is 11.6 Å². The lowest BCUT2D eigenvalue weighted by Gasteiger charge is -2.27. The van der Waals surface area contributed by atoms with Crippen LogP contribution in [0.1, 0.15) is 39.5 Å². The largest absolute Gasteiger partial charge is 0.481 e. The number of hydrogen-bond donors (Lipinski definition) is 2. The molecule has 1 aliphatic carbocycles. The zero-order chi connectivity index (χ0) is 11.3. The van der Waals surface area contributed by atoms with Crippen LogP contribution < -0.4 is 5.32 Å². The maximum atomic E-state index is 10.8. The maximum absolute atomic E-state index is 10.8. The Kier molecular flexibility index (Phi) is 4.82. The van der Waals surface area contributed by atoms with E-state index in [0.29, 0.717) is 6.04 Å². The Balaban J connectivity index is 2.30. The van der Waals surface area contributed by atoms with Crippen molar-refractivity contribution in [2.45, 2.75) is 45.6 Å². The molecule has 0 bridgehead atoms. The highest BCUT2D eigenvalue weighted by atomic mass is 16.4. The molecule has 3 heteroatoms. The monoisotopic (exact) mass is 211 g/mol. The number of rotatable bonds is 4. The van der Waals surface area contributed by atoms with Crippen molar-refractivity contribution in [1.29, 1.82) is 0 Å². The van der Waals surface area contributed by atoms with E-state index >= 15 is 0 Å². The molecule has 0 aromatic rings. The lowest BCUT2D eigenvalue weighted by molar-refractivity contribution is -0.143. The summed E-state index contributed by atoms with van der Waals surface area (Å²) >= 11 is 0. The minimum absolute atomic E-state index is 0.136. The summed E-state index contributed by atoms with van der Waals surface area (Å²) < 4.78 is 0. The van der Waals surface area contributed by atoms with Gasteiger partial charge < -0.3 is 10.4 Å². The molecule has 0 aliphatic heterocycles. The summed E-state index contributed by atoms with van der Waals surface area (Å²) in [5.41, 5.74) is 1.30. The van der Waals surface area contributed by atoms with Gasteiger partial charge in [0.25, 0.3) is 0 Å². The molecule has 0 amide bonds. The number of aliphatic carboxylic acids is 1. The minimum atomic E-state index is -0.635. The Morgan fingerprint density at radius 3 is 2.80 bits per heavy atom. The summed E-state index contributed by atoms with van der Waals surface area (Å²) in [6.07, 6.45) is 5.91. The Hall–Kier alpha value is -0.830. The summed E-state index contributed by atoms with van der Waals surface area (Å²) in [4.78, 5) is 10.8. The van der Waals surface area contributed by atoms with Gasteiger partial charge in [-0.3, -0.25) is 4.79 Å². The molecule has 2 N–H and O–H groups in total. The number of allylic oxidation sites excluding steroid dienone is 1. The van der Waals surface area contributed by atoms with Gasteiger partial charge in [0.2, 0.25) is 0 Å². The van der Waals surface area contributed by atoms with Crippen molar-refractivity contribution >= 4 is 5.97 Å². The molecule has 0 spiro atoms. The van der Waals surface area contributed by atoms with E-state index in [1.54, 1.807) is 0 Å². The Morgan fingerprint density at radius 2 is 2.20 bits per heavy atom. The third-order valence-corrected chi connectivity index (χ3v) is 2.94. The molecule has 0 saturated heterocycles. The Bertz CT molecular complexity index is 244. The molecule has 15 heavy (non-hydrogen) atoms. The van der Waals surface area contributed by atoms with Gasteiger partial charge in [-0.05, 0) is 33.1 Å². The van der Waals surface area contributed by atoms with Crippen molar-refractivity contribution < 1.29 is 9.90 Å². The summed E-state index contributed by atoms with van der Waals surface area (Å²) in [6, 6.07) is 0.385. The Labute approximate surface area is 91.6 Å². The molecule has 0 heterocycles. The fourth-order valence-electron chi connectivity index (χ4n) is 2.03. The van der Waals surface area contributed by atoms with Crippen LogP contribution in [0.2, 0.25) is 0 Å². The SMILES string of the molecule is CC(C)=CCNC1CCCC(C(=O)O)C1. The number of carboxylic acid groups (broad SMARTS) is 1. The van der Waals surface area contributed by atoms with Gasteiger partial charge in [-0.2, -0.15) is 0 Å². The van der Waals surface area contributed by atoms with Gasteiger partial charge in [-0.1, -0.05) is 18.1 Å². The topological polar surface area (TPSA) is 49.3 Å². The van der Waals surface area contributed by atoms with Gasteiger partial charge in [-0.25, -0.2) is 0 Å². The van der Waals surface area contributed by atoms with E-state index in [9.17, 15) is 4.79 Å². The average Bonchev–Trinajstić information content (AvgIpc) is 2.17. The van der Waals surface area contributed by atoms with Crippen LogP contribution in [0, 0.1) is 5.92 Å². The van der Waals surface area contributed by atoms with Crippen molar-refractivity contribution in [2.75, 3.05) is 6.54 Å². The first-order chi connectivity index (χ1) is 7.09. The van der Waals surface area contributed by atoms with Gasteiger partial charge in [0.1, 0.15) is 0 Å². The van der Waals surface area contributed by atoms with E-state index in [0.717, 1.165) is 32.2 Å². The highest BCUT2D eigenvalue weighted by molar-refractivity contribution is 5.70. The molecule has 1 fully saturated rings. The molecule has 1 rings (SSSR count). The molecule has 1 saturated carbocycles. The molecule has 0 radical (unpaired) electrons. The fraction of sp³-hybridized carbons (Fsp3) is 0.750. The summed E-state index contributed by atoms with van der Waals surface area (Å²) in [5, 5.41) is 12.3. The normalized spacial score (nSPS) is 26.0. The second kappa shape index (κ2) is 5.91. The molecule has 86 valence electrons. The highest BCUT2D eigenvalue weighted by Gasteiger charge is 2.26. The quantitative estimate of drug-likeness (QED) is 0.701. The van der Waals surface area contributed by atoms with Crippen LogP contribution in [0.25, 0.3) is 0 Å². The maximum Gasteiger partial charge on any atom is 0.306 e. The first-order valence-corrected chi connectivity index (χ1v) is 5.69. The van der Waals surface area contributed by atoms with E-state index in [2.05, 4.69) is 25.2 Å². The molecule has 0 aromatic carbocycles. The standard InChI is InChI=1S/C12H21NO2/c1-9(2)6-7-13-11-5-3-4-10(8-11)12(14)15/h6,10-11,13H,3-5,7-8H2,1-2H3,(H,14,15). The summed E-state index contributed by atoms with van der Waals surface area (Å²) in [6.45, 7) is 5.00. The van der Waals surface area contributed by atoms with Crippen molar-refractivity contribution in [3.8, 4) is 0 Å². The van der Waals surface area contributed by atoms with Crippen molar-refractivity contribution in [3.63, 3.8) is 0 Å². The third-order valence-electron chi connectivity index (χ3n) is 2.94. The molecular formula is C12H21NO2. The predicted octanol–water partition coefficient (Wildman–Crippen LogP) is 2.19. The van der Waals surface area contributed by atoms with E-state index < -0.39 is 5.97 Å². The zero-order valence-corrected chi connectivity index (χ0v) is 9.62. The number of carboxylic acids is 1. The average molecular weight is 211 g/mol. The molecule has 1 aliphatic rings. The molecule has 3 nitrogen and oxygen atoms in total. The molecule has 0 aromatic heterocycles. The van der Waals surface area contributed by atoms with E-state index in [1.165, 1.54) is 5.57 Å². The first-order valence-electron chi connectivity index (χ1n) is 5.69. The summed E-state index contributed by atoms with van der Waals surface area (Å²) in [7, 11) is 0. The second-order valence-electron chi connectivity index (χ2n) is 4.59. The molecule has 2 unspecified atom stereocenters.